The minimum atomic E-state index is -2.94. The van der Waals surface area contributed by atoms with Crippen LogP contribution in [0.25, 0.3) is 0 Å². The van der Waals surface area contributed by atoms with Gasteiger partial charge in [0.2, 0.25) is 10.0 Å². The lowest BCUT2D eigenvalue weighted by molar-refractivity contribution is 0.582. The molecule has 1 aliphatic carbocycles. The van der Waals surface area contributed by atoms with Gasteiger partial charge in [0.25, 0.3) is 0 Å². The average Bonchev–Trinajstić information content (AvgIpc) is 2.46. The Balaban J connectivity index is 2.39. The lowest BCUT2D eigenvalue weighted by Crippen LogP contribution is -2.23. The van der Waals surface area contributed by atoms with E-state index in [4.69, 9.17) is 0 Å². The summed E-state index contributed by atoms with van der Waals surface area (Å²) in [6.45, 7) is 2.08. The smallest absolute Gasteiger partial charge is 0.211 e. The highest BCUT2D eigenvalue weighted by molar-refractivity contribution is 7.89. The largest absolute Gasteiger partial charge is 0.218 e. The first kappa shape index (κ1) is 8.01. The number of hydrogen-bond donors (Lipinski definition) is 1. The Morgan fingerprint density at radius 1 is 1.60 bits per heavy atom. The van der Waals surface area contributed by atoms with E-state index in [1.165, 1.54) is 7.05 Å². The molecule has 2 unspecified atom stereocenters. The molecule has 10 heavy (non-hydrogen) atoms. The van der Waals surface area contributed by atoms with Crippen LogP contribution in [0.5, 0.6) is 0 Å². The van der Waals surface area contributed by atoms with Crippen molar-refractivity contribution in [2.24, 2.45) is 11.8 Å². The molecule has 1 N–H and O–H groups in total. The third-order valence-corrected chi connectivity index (χ3v) is 3.51. The van der Waals surface area contributed by atoms with E-state index in [0.29, 0.717) is 17.6 Å². The highest BCUT2D eigenvalue weighted by Crippen LogP contribution is 2.38. The highest BCUT2D eigenvalue weighted by Gasteiger charge is 2.35. The van der Waals surface area contributed by atoms with Crippen molar-refractivity contribution >= 4 is 10.0 Å². The van der Waals surface area contributed by atoms with E-state index >= 15 is 0 Å². The Hall–Kier alpha value is -0.0900. The maximum absolute atomic E-state index is 10.9. The van der Waals surface area contributed by atoms with Gasteiger partial charge in [-0.3, -0.25) is 0 Å². The topological polar surface area (TPSA) is 46.2 Å². The molecule has 1 rings (SSSR count). The van der Waals surface area contributed by atoms with E-state index in [2.05, 4.69) is 11.6 Å². The van der Waals surface area contributed by atoms with Crippen molar-refractivity contribution in [2.45, 2.75) is 13.3 Å². The molecule has 0 amide bonds. The van der Waals surface area contributed by atoms with Crippen LogP contribution in [0.15, 0.2) is 0 Å². The lowest BCUT2D eigenvalue weighted by atomic mass is 10.4. The van der Waals surface area contributed by atoms with Crippen LogP contribution in [-0.2, 0) is 10.0 Å². The van der Waals surface area contributed by atoms with Crippen LogP contribution in [0, 0.1) is 11.8 Å². The number of rotatable bonds is 3. The molecular weight excluding hydrogens is 150 g/mol. The molecule has 60 valence electrons. The fourth-order valence-corrected chi connectivity index (χ4v) is 2.19. The van der Waals surface area contributed by atoms with Gasteiger partial charge in [-0.15, -0.1) is 0 Å². The van der Waals surface area contributed by atoms with Crippen molar-refractivity contribution in [2.75, 3.05) is 12.8 Å². The molecule has 2 atom stereocenters. The molecule has 3 nitrogen and oxygen atoms in total. The van der Waals surface area contributed by atoms with Gasteiger partial charge in [-0.2, -0.15) is 0 Å². The molecular formula is C6H13NO2S. The van der Waals surface area contributed by atoms with Gasteiger partial charge in [0, 0.05) is 0 Å². The summed E-state index contributed by atoms with van der Waals surface area (Å²) in [5, 5.41) is 0. The SMILES string of the molecule is CNS(=O)(=O)CC1CC1C. The van der Waals surface area contributed by atoms with Crippen molar-refractivity contribution in [3.05, 3.63) is 0 Å². The molecule has 1 saturated carbocycles. The summed E-state index contributed by atoms with van der Waals surface area (Å²) >= 11 is 0. The number of nitrogens with one attached hydrogen (secondary N) is 1. The van der Waals surface area contributed by atoms with Gasteiger partial charge in [-0.25, -0.2) is 13.1 Å². The van der Waals surface area contributed by atoms with E-state index < -0.39 is 10.0 Å². The van der Waals surface area contributed by atoms with Crippen LogP contribution in [-0.4, -0.2) is 21.2 Å². The van der Waals surface area contributed by atoms with Crippen LogP contribution in [0.1, 0.15) is 13.3 Å². The lowest BCUT2D eigenvalue weighted by Gasteiger charge is -1.98. The molecule has 0 heterocycles. The Morgan fingerprint density at radius 3 is 2.40 bits per heavy atom. The van der Waals surface area contributed by atoms with Crippen LogP contribution in [0.3, 0.4) is 0 Å². The van der Waals surface area contributed by atoms with E-state index in [-0.39, 0.29) is 0 Å². The Kier molecular flexibility index (Phi) is 2.01. The molecule has 4 heteroatoms. The summed E-state index contributed by atoms with van der Waals surface area (Å²) in [5.74, 6) is 1.34. The van der Waals surface area contributed by atoms with Crippen LogP contribution < -0.4 is 4.72 Å². The fourth-order valence-electron chi connectivity index (χ4n) is 0.996. The van der Waals surface area contributed by atoms with Gasteiger partial charge in [-0.1, -0.05) is 6.92 Å². The Morgan fingerprint density at radius 2 is 2.10 bits per heavy atom. The van der Waals surface area contributed by atoms with Crippen molar-refractivity contribution in [3.8, 4) is 0 Å². The second-order valence-corrected chi connectivity index (χ2v) is 4.93. The first-order chi connectivity index (χ1) is 4.55. The number of sulfonamides is 1. The van der Waals surface area contributed by atoms with Gasteiger partial charge in [0.15, 0.2) is 0 Å². The van der Waals surface area contributed by atoms with Crippen molar-refractivity contribution in [1.82, 2.24) is 4.72 Å². The fraction of sp³-hybridized carbons (Fsp3) is 1.00. The zero-order valence-corrected chi connectivity index (χ0v) is 7.11. The molecule has 1 fully saturated rings. The second kappa shape index (κ2) is 2.51. The predicted molar refractivity (Wildman–Crippen MR) is 40.1 cm³/mol. The van der Waals surface area contributed by atoms with E-state index in [0.717, 1.165) is 6.42 Å². The Labute approximate surface area is 61.9 Å². The molecule has 0 radical (unpaired) electrons. The summed E-state index contributed by atoms with van der Waals surface area (Å²) in [6, 6.07) is 0. The van der Waals surface area contributed by atoms with Crippen molar-refractivity contribution in [1.29, 1.82) is 0 Å². The van der Waals surface area contributed by atoms with Gasteiger partial charge < -0.3 is 0 Å². The van der Waals surface area contributed by atoms with Crippen molar-refractivity contribution in [3.63, 3.8) is 0 Å². The molecule has 0 aromatic rings. The highest BCUT2D eigenvalue weighted by atomic mass is 32.2. The first-order valence-electron chi connectivity index (χ1n) is 3.46. The molecule has 0 aromatic heterocycles. The van der Waals surface area contributed by atoms with Gasteiger partial charge in [-0.05, 0) is 25.3 Å². The van der Waals surface area contributed by atoms with Gasteiger partial charge >= 0.3 is 0 Å². The first-order valence-corrected chi connectivity index (χ1v) is 5.11. The zero-order valence-electron chi connectivity index (χ0n) is 6.29. The van der Waals surface area contributed by atoms with Gasteiger partial charge in [0.1, 0.15) is 0 Å². The third-order valence-electron chi connectivity index (χ3n) is 2.02. The maximum Gasteiger partial charge on any atom is 0.211 e. The van der Waals surface area contributed by atoms with Crippen LogP contribution in [0.4, 0.5) is 0 Å². The van der Waals surface area contributed by atoms with E-state index in [1.54, 1.807) is 0 Å². The minimum Gasteiger partial charge on any atom is -0.218 e. The molecule has 0 aromatic carbocycles. The van der Waals surface area contributed by atoms with Crippen molar-refractivity contribution < 1.29 is 8.42 Å². The Bertz CT molecular complexity index is 210. The third kappa shape index (κ3) is 1.95. The monoisotopic (exact) mass is 163 g/mol. The minimum absolute atomic E-state index is 0.310. The normalized spacial score (nSPS) is 32.2. The standard InChI is InChI=1S/C6H13NO2S/c1-5-3-6(5)4-10(8,9)7-2/h5-7H,3-4H2,1-2H3. The average molecular weight is 163 g/mol. The number of hydrogen-bond acceptors (Lipinski definition) is 2. The molecule has 1 aliphatic rings. The van der Waals surface area contributed by atoms with E-state index in [9.17, 15) is 8.42 Å². The molecule has 0 saturated heterocycles. The molecule has 0 aliphatic heterocycles. The summed E-state index contributed by atoms with van der Waals surface area (Å²) in [7, 11) is -1.48. The second-order valence-electron chi connectivity index (χ2n) is 2.96. The maximum atomic E-state index is 10.9. The van der Waals surface area contributed by atoms with Gasteiger partial charge in [0.05, 0.1) is 5.75 Å². The van der Waals surface area contributed by atoms with E-state index in [1.807, 2.05) is 0 Å². The quantitative estimate of drug-likeness (QED) is 0.645. The van der Waals surface area contributed by atoms with Crippen LogP contribution >= 0.6 is 0 Å². The summed E-state index contributed by atoms with van der Waals surface area (Å²) in [5.41, 5.74) is 0. The molecule has 0 bridgehead atoms. The summed E-state index contributed by atoms with van der Waals surface area (Å²) < 4.78 is 24.1. The summed E-state index contributed by atoms with van der Waals surface area (Å²) in [4.78, 5) is 0. The molecule has 0 spiro atoms. The predicted octanol–water partition coefficient (Wildman–Crippen LogP) is 0.192. The summed E-state index contributed by atoms with van der Waals surface area (Å²) in [6.07, 6.45) is 1.07. The zero-order chi connectivity index (χ0) is 7.78. The van der Waals surface area contributed by atoms with Crippen LogP contribution in [0.2, 0.25) is 0 Å².